The molecule has 0 saturated carbocycles. The third-order valence-corrected chi connectivity index (χ3v) is 5.77. The Balaban J connectivity index is 0.00000560. The van der Waals surface area contributed by atoms with Gasteiger partial charge in [-0.2, -0.15) is 0 Å². The molecule has 0 amide bonds. The van der Waals surface area contributed by atoms with Gasteiger partial charge in [-0.25, -0.2) is 0 Å². The quantitative estimate of drug-likeness (QED) is 0.115. The van der Waals surface area contributed by atoms with E-state index in [1.54, 1.807) is 7.11 Å². The molecule has 0 spiro atoms. The van der Waals surface area contributed by atoms with E-state index in [2.05, 4.69) is 10.6 Å². The predicted octanol–water partition coefficient (Wildman–Crippen LogP) is -0.823. The Hall–Kier alpha value is -3.35. The summed E-state index contributed by atoms with van der Waals surface area (Å²) in [6.45, 7) is 1.65. The number of methoxy groups -OCH3 is 1. The van der Waals surface area contributed by atoms with Gasteiger partial charge in [0.2, 0.25) is 0 Å². The number of carboxylic acids is 1. The van der Waals surface area contributed by atoms with Gasteiger partial charge in [0.05, 0.1) is 24.0 Å². The maximum Gasteiger partial charge on any atom is 1.00 e. The zero-order chi connectivity index (χ0) is 28.2. The Kier molecular flexibility index (Phi) is 13.7. The number of carboxylic acid groups (broad SMARTS) is 1. The SMILES string of the molecule is COc1ccccc1OC(CNCC(O)COc1cccc([N+](=O)[O-])c1NC(C)C(=O)[O-])Cc1ccccc1.[Na+]. The van der Waals surface area contributed by atoms with E-state index in [1.165, 1.54) is 25.1 Å². The predicted molar refractivity (Wildman–Crippen MR) is 143 cm³/mol. The van der Waals surface area contributed by atoms with Crippen molar-refractivity contribution in [3.8, 4) is 17.2 Å². The van der Waals surface area contributed by atoms with Crippen LogP contribution in [0, 0.1) is 10.1 Å². The smallest absolute Gasteiger partial charge is 0.548 e. The fraction of sp³-hybridized carbons (Fsp3) is 0.321. The first-order valence-corrected chi connectivity index (χ1v) is 12.4. The van der Waals surface area contributed by atoms with Crippen LogP contribution in [0.3, 0.4) is 0 Å². The molecule has 40 heavy (non-hydrogen) atoms. The maximum absolute atomic E-state index is 11.4. The molecule has 0 bridgehead atoms. The summed E-state index contributed by atoms with van der Waals surface area (Å²) in [5, 5.41) is 38.8. The number of nitro groups is 1. The Bertz CT molecular complexity index is 1230. The number of hydrogen-bond acceptors (Lipinski definition) is 10. The number of para-hydroxylation sites is 3. The number of aliphatic hydroxyl groups is 1. The van der Waals surface area contributed by atoms with E-state index in [0.29, 0.717) is 24.5 Å². The van der Waals surface area contributed by atoms with E-state index in [9.17, 15) is 25.1 Å². The number of carbonyl (C=O) groups is 1. The second-order valence-electron chi connectivity index (χ2n) is 8.80. The summed E-state index contributed by atoms with van der Waals surface area (Å²) in [6.07, 6.45) is -0.646. The van der Waals surface area contributed by atoms with E-state index in [1.807, 2.05) is 54.6 Å². The summed E-state index contributed by atoms with van der Waals surface area (Å²) in [6, 6.07) is 20.1. The van der Waals surface area contributed by atoms with Crippen LogP contribution in [0.1, 0.15) is 12.5 Å². The number of hydrogen-bond donors (Lipinski definition) is 3. The van der Waals surface area contributed by atoms with Crippen molar-refractivity contribution >= 4 is 17.3 Å². The van der Waals surface area contributed by atoms with Gasteiger partial charge in [0.25, 0.3) is 5.69 Å². The van der Waals surface area contributed by atoms with Crippen LogP contribution < -0.4 is 59.5 Å². The van der Waals surface area contributed by atoms with Crippen molar-refractivity contribution in [1.29, 1.82) is 0 Å². The van der Waals surface area contributed by atoms with Crippen LogP contribution in [0.5, 0.6) is 17.2 Å². The van der Waals surface area contributed by atoms with Gasteiger partial charge in [0, 0.05) is 25.6 Å². The van der Waals surface area contributed by atoms with Crippen molar-refractivity contribution in [3.63, 3.8) is 0 Å². The van der Waals surface area contributed by atoms with Gasteiger partial charge in [-0.15, -0.1) is 0 Å². The van der Waals surface area contributed by atoms with Gasteiger partial charge < -0.3 is 39.9 Å². The van der Waals surface area contributed by atoms with E-state index in [4.69, 9.17) is 14.2 Å². The molecular weight excluding hydrogens is 529 g/mol. The number of anilines is 1. The van der Waals surface area contributed by atoms with Gasteiger partial charge in [0.15, 0.2) is 17.2 Å². The molecule has 0 aliphatic rings. The van der Waals surface area contributed by atoms with Crippen molar-refractivity contribution in [2.45, 2.75) is 31.6 Å². The zero-order valence-corrected chi connectivity index (χ0v) is 24.7. The molecule has 0 fully saturated rings. The second kappa shape index (κ2) is 16.7. The Morgan fingerprint density at radius 3 is 2.27 bits per heavy atom. The first-order chi connectivity index (χ1) is 18.8. The molecule has 0 aromatic heterocycles. The summed E-state index contributed by atoms with van der Waals surface area (Å²) in [5.41, 5.74) is 0.623. The average Bonchev–Trinajstić information content (AvgIpc) is 2.93. The van der Waals surface area contributed by atoms with Crippen LogP contribution in [-0.2, 0) is 11.2 Å². The van der Waals surface area contributed by atoms with Gasteiger partial charge in [-0.1, -0.05) is 48.5 Å². The Morgan fingerprint density at radius 2 is 1.62 bits per heavy atom. The van der Waals surface area contributed by atoms with Gasteiger partial charge in [0.1, 0.15) is 24.6 Å². The molecule has 11 nitrogen and oxygen atoms in total. The topological polar surface area (TPSA) is 155 Å². The second-order valence-corrected chi connectivity index (χ2v) is 8.80. The number of nitro benzene ring substituents is 1. The molecule has 3 N–H and O–H groups in total. The Labute approximate surface area is 254 Å². The Morgan fingerprint density at radius 1 is 0.975 bits per heavy atom. The molecule has 3 aromatic carbocycles. The van der Waals surface area contributed by atoms with E-state index in [-0.39, 0.29) is 65.9 Å². The molecule has 12 heteroatoms. The fourth-order valence-electron chi connectivity index (χ4n) is 3.80. The van der Waals surface area contributed by atoms with Crippen LogP contribution in [0.15, 0.2) is 72.8 Å². The number of carbonyl (C=O) groups excluding carboxylic acids is 1. The molecule has 3 atom stereocenters. The maximum atomic E-state index is 11.4. The van der Waals surface area contributed by atoms with Crippen LogP contribution in [0.4, 0.5) is 11.4 Å². The van der Waals surface area contributed by atoms with E-state index < -0.39 is 23.0 Å². The summed E-state index contributed by atoms with van der Waals surface area (Å²) in [4.78, 5) is 21.9. The van der Waals surface area contributed by atoms with Crippen LogP contribution >= 0.6 is 0 Å². The van der Waals surface area contributed by atoms with Crippen molar-refractivity contribution in [2.24, 2.45) is 0 Å². The zero-order valence-electron chi connectivity index (χ0n) is 22.7. The minimum absolute atomic E-state index is 0. The summed E-state index contributed by atoms with van der Waals surface area (Å²) in [5.74, 6) is -0.178. The van der Waals surface area contributed by atoms with E-state index >= 15 is 0 Å². The molecule has 0 saturated heterocycles. The number of ether oxygens (including phenoxy) is 3. The number of aliphatic hydroxyl groups excluding tert-OH is 1. The molecule has 208 valence electrons. The van der Waals surface area contributed by atoms with Crippen molar-refractivity contribution < 1.29 is 63.7 Å². The molecule has 3 rings (SSSR count). The molecule has 3 unspecified atom stereocenters. The minimum Gasteiger partial charge on any atom is -0.548 e. The fourth-order valence-corrected chi connectivity index (χ4v) is 3.80. The summed E-state index contributed by atoms with van der Waals surface area (Å²) in [7, 11) is 1.57. The first kappa shape index (κ1) is 32.9. The molecule has 0 aliphatic heterocycles. The largest absolute Gasteiger partial charge is 1.00 e. The average molecular weight is 562 g/mol. The number of nitrogens with one attached hydrogen (secondary N) is 2. The third-order valence-electron chi connectivity index (χ3n) is 5.77. The van der Waals surface area contributed by atoms with Crippen LogP contribution in [-0.4, -0.2) is 61.1 Å². The van der Waals surface area contributed by atoms with Gasteiger partial charge in [-0.3, -0.25) is 10.1 Å². The normalized spacial score (nSPS) is 12.8. The first-order valence-electron chi connectivity index (χ1n) is 12.4. The molecule has 0 aliphatic carbocycles. The standard InChI is InChI=1S/C28H33N3O8.Na/c1-19(28(33)34)30-27-23(31(35)36)11-8-14-26(27)38-18-21(32)16-29-17-22(15-20-9-4-3-5-10-20)39-25-13-7-6-12-24(25)37-2;/h3-14,19,21-22,29-30,32H,15-18H2,1-2H3,(H,33,34);/q;+1/p-1. The van der Waals surface area contributed by atoms with Crippen molar-refractivity contribution in [3.05, 3.63) is 88.5 Å². The molecule has 0 radical (unpaired) electrons. The summed E-state index contributed by atoms with van der Waals surface area (Å²) >= 11 is 0. The molecule has 0 heterocycles. The van der Waals surface area contributed by atoms with E-state index in [0.717, 1.165) is 5.56 Å². The van der Waals surface area contributed by atoms with Gasteiger partial charge in [-0.05, 0) is 30.7 Å². The molecular formula is C28H32N3NaO8. The van der Waals surface area contributed by atoms with Gasteiger partial charge >= 0.3 is 29.6 Å². The number of rotatable bonds is 16. The monoisotopic (exact) mass is 561 g/mol. The number of nitrogens with zero attached hydrogens (tertiary/aromatic N) is 1. The number of benzene rings is 3. The minimum atomic E-state index is -1.43. The van der Waals surface area contributed by atoms with Crippen LogP contribution in [0.25, 0.3) is 0 Å². The molecule has 3 aromatic rings. The van der Waals surface area contributed by atoms with Crippen molar-refractivity contribution in [2.75, 3.05) is 32.1 Å². The number of aliphatic carboxylic acids is 1. The summed E-state index contributed by atoms with van der Waals surface area (Å²) < 4.78 is 17.3. The van der Waals surface area contributed by atoms with Crippen LogP contribution in [0.2, 0.25) is 0 Å². The van der Waals surface area contributed by atoms with Crippen molar-refractivity contribution in [1.82, 2.24) is 5.32 Å². The third kappa shape index (κ3) is 10.00.